The lowest BCUT2D eigenvalue weighted by Crippen LogP contribution is -2.30. The number of hydrogen-bond donors (Lipinski definition) is 0. The van der Waals surface area contributed by atoms with Gasteiger partial charge in [-0.1, -0.05) is 51.1 Å². The molecule has 3 rings (SSSR count). The van der Waals surface area contributed by atoms with Crippen molar-refractivity contribution in [1.29, 1.82) is 0 Å². The van der Waals surface area contributed by atoms with E-state index in [9.17, 15) is 0 Å². The fourth-order valence-corrected chi connectivity index (χ4v) is 3.21. The van der Waals surface area contributed by atoms with E-state index >= 15 is 0 Å². The largest absolute Gasteiger partial charge is 0.422 e. The Morgan fingerprint density at radius 2 is 1.91 bits per heavy atom. The maximum Gasteiger partial charge on any atom is 0.249 e. The van der Waals surface area contributed by atoms with Crippen molar-refractivity contribution in [2.45, 2.75) is 45.3 Å². The maximum absolute atomic E-state index is 5.97. The van der Waals surface area contributed by atoms with E-state index < -0.39 is 0 Å². The van der Waals surface area contributed by atoms with Crippen LogP contribution in [0.25, 0.3) is 0 Å². The van der Waals surface area contributed by atoms with Gasteiger partial charge in [-0.3, -0.25) is 0 Å². The number of nitrogens with zero attached hydrogens (tertiary/aromatic N) is 2. The second kappa shape index (κ2) is 6.42. The number of methoxy groups -OCH3 is 1. The smallest absolute Gasteiger partial charge is 0.249 e. The van der Waals surface area contributed by atoms with Gasteiger partial charge < -0.3 is 13.9 Å². The lowest BCUT2D eigenvalue weighted by molar-refractivity contribution is 0.0165. The van der Waals surface area contributed by atoms with E-state index in [1.54, 1.807) is 7.11 Å². The fourth-order valence-electron chi connectivity index (χ4n) is 3.21. The predicted octanol–water partition coefficient (Wildman–Crippen LogP) is 3.72. The van der Waals surface area contributed by atoms with Gasteiger partial charge in [-0.25, -0.2) is 0 Å². The summed E-state index contributed by atoms with van der Waals surface area (Å²) in [5.41, 5.74) is 1.04. The summed E-state index contributed by atoms with van der Waals surface area (Å²) in [5, 5.41) is 8.51. The molecule has 3 atom stereocenters. The zero-order chi connectivity index (χ0) is 16.4. The minimum Gasteiger partial charge on any atom is -0.422 e. The lowest BCUT2D eigenvalue weighted by atomic mass is 9.81. The first kappa shape index (κ1) is 16.1. The fraction of sp³-hybridized carbons (Fsp3) is 0.556. The maximum atomic E-state index is 5.97. The van der Waals surface area contributed by atoms with E-state index in [2.05, 4.69) is 31.0 Å². The number of rotatable bonds is 4. The highest BCUT2D eigenvalue weighted by atomic mass is 16.5. The van der Waals surface area contributed by atoms with Crippen LogP contribution in [0.15, 0.2) is 34.7 Å². The van der Waals surface area contributed by atoms with Crippen molar-refractivity contribution in [3.8, 4) is 0 Å². The van der Waals surface area contributed by atoms with Crippen LogP contribution in [0.5, 0.6) is 0 Å². The van der Waals surface area contributed by atoms with Gasteiger partial charge in [0.15, 0.2) is 6.10 Å². The van der Waals surface area contributed by atoms with E-state index in [4.69, 9.17) is 13.9 Å². The Morgan fingerprint density at radius 3 is 2.57 bits per heavy atom. The van der Waals surface area contributed by atoms with Crippen molar-refractivity contribution in [1.82, 2.24) is 10.2 Å². The van der Waals surface area contributed by atoms with Crippen LogP contribution in [-0.2, 0) is 9.47 Å². The van der Waals surface area contributed by atoms with E-state index in [0.29, 0.717) is 11.8 Å². The Bertz CT molecular complexity index is 633. The van der Waals surface area contributed by atoms with Gasteiger partial charge in [-0.05, 0) is 17.4 Å². The Balaban J connectivity index is 1.85. The summed E-state index contributed by atoms with van der Waals surface area (Å²) in [5.74, 6) is 1.29. The summed E-state index contributed by atoms with van der Waals surface area (Å²) in [4.78, 5) is 0. The second-order valence-electron chi connectivity index (χ2n) is 7.06. The van der Waals surface area contributed by atoms with Crippen LogP contribution < -0.4 is 0 Å². The Labute approximate surface area is 137 Å². The minimum atomic E-state index is -0.340. The van der Waals surface area contributed by atoms with Crippen LogP contribution in [0.3, 0.4) is 0 Å². The SMILES string of the molecule is CO[C@H](c1ccccc1)c1nnc([C@H]2CCO[C@@H]2C(C)(C)C)o1. The van der Waals surface area contributed by atoms with E-state index in [0.717, 1.165) is 18.6 Å². The number of hydrogen-bond acceptors (Lipinski definition) is 5. The van der Waals surface area contributed by atoms with E-state index in [1.807, 2.05) is 30.3 Å². The van der Waals surface area contributed by atoms with Crippen molar-refractivity contribution >= 4 is 0 Å². The number of aromatic nitrogens is 2. The molecule has 1 saturated heterocycles. The third-order valence-electron chi connectivity index (χ3n) is 4.28. The zero-order valence-corrected chi connectivity index (χ0v) is 14.2. The van der Waals surface area contributed by atoms with Crippen molar-refractivity contribution in [2.24, 2.45) is 5.41 Å². The highest BCUT2D eigenvalue weighted by molar-refractivity contribution is 5.22. The molecule has 1 aromatic carbocycles. The van der Waals surface area contributed by atoms with Gasteiger partial charge in [0, 0.05) is 13.7 Å². The van der Waals surface area contributed by atoms with Gasteiger partial charge >= 0.3 is 0 Å². The number of benzene rings is 1. The molecule has 0 radical (unpaired) electrons. The van der Waals surface area contributed by atoms with Crippen LogP contribution in [-0.4, -0.2) is 30.0 Å². The van der Waals surface area contributed by atoms with Crippen LogP contribution in [0.1, 0.15) is 56.6 Å². The van der Waals surface area contributed by atoms with Crippen molar-refractivity contribution in [2.75, 3.05) is 13.7 Å². The topological polar surface area (TPSA) is 57.4 Å². The molecule has 2 aromatic rings. The molecule has 0 aliphatic carbocycles. The van der Waals surface area contributed by atoms with Gasteiger partial charge in [-0.2, -0.15) is 0 Å². The Kier molecular flexibility index (Phi) is 4.50. The van der Waals surface area contributed by atoms with Crippen LogP contribution in [0, 0.1) is 5.41 Å². The van der Waals surface area contributed by atoms with Crippen molar-refractivity contribution in [3.05, 3.63) is 47.7 Å². The summed E-state index contributed by atoms with van der Waals surface area (Å²) in [6.45, 7) is 7.26. The quantitative estimate of drug-likeness (QED) is 0.860. The predicted molar refractivity (Wildman–Crippen MR) is 86.1 cm³/mol. The molecule has 0 amide bonds. The molecule has 0 bridgehead atoms. The molecule has 2 heterocycles. The molecule has 0 saturated carbocycles. The molecular formula is C18H24N2O3. The van der Waals surface area contributed by atoms with Crippen LogP contribution >= 0.6 is 0 Å². The molecule has 0 spiro atoms. The lowest BCUT2D eigenvalue weighted by Gasteiger charge is -2.29. The molecule has 5 nitrogen and oxygen atoms in total. The second-order valence-corrected chi connectivity index (χ2v) is 7.06. The van der Waals surface area contributed by atoms with Crippen LogP contribution in [0.2, 0.25) is 0 Å². The molecule has 1 fully saturated rings. The molecule has 0 unspecified atom stereocenters. The highest BCUT2D eigenvalue weighted by Crippen LogP contribution is 2.40. The molecule has 1 aliphatic rings. The molecule has 23 heavy (non-hydrogen) atoms. The zero-order valence-electron chi connectivity index (χ0n) is 14.2. The Morgan fingerprint density at radius 1 is 1.17 bits per heavy atom. The summed E-state index contributed by atoms with van der Waals surface area (Å²) in [7, 11) is 1.65. The van der Waals surface area contributed by atoms with Gasteiger partial charge in [0.2, 0.25) is 11.8 Å². The molecule has 0 N–H and O–H groups in total. The molecule has 1 aromatic heterocycles. The van der Waals surface area contributed by atoms with E-state index in [-0.39, 0.29) is 23.5 Å². The standard InChI is InChI=1S/C18H24N2O3/c1-18(2,3)15-13(10-11-22-15)16-19-20-17(23-16)14(21-4)12-8-6-5-7-9-12/h5-9,13-15H,10-11H2,1-4H3/t13-,14+,15-/m0/s1. The summed E-state index contributed by atoms with van der Waals surface area (Å²) in [6.07, 6.45) is 0.661. The van der Waals surface area contributed by atoms with Crippen molar-refractivity contribution < 1.29 is 13.9 Å². The molecular weight excluding hydrogens is 292 g/mol. The molecule has 124 valence electrons. The first-order chi connectivity index (χ1) is 11.0. The average molecular weight is 316 g/mol. The van der Waals surface area contributed by atoms with Crippen LogP contribution in [0.4, 0.5) is 0 Å². The summed E-state index contributed by atoms with van der Waals surface area (Å²) < 4.78 is 17.4. The average Bonchev–Trinajstić information content (AvgIpc) is 3.17. The molecule has 5 heteroatoms. The third-order valence-corrected chi connectivity index (χ3v) is 4.28. The van der Waals surface area contributed by atoms with Gasteiger partial charge in [0.1, 0.15) is 0 Å². The minimum absolute atomic E-state index is 0.0376. The monoisotopic (exact) mass is 316 g/mol. The van der Waals surface area contributed by atoms with Crippen molar-refractivity contribution in [3.63, 3.8) is 0 Å². The van der Waals surface area contributed by atoms with Gasteiger partial charge in [-0.15, -0.1) is 10.2 Å². The molecule has 1 aliphatic heterocycles. The normalized spacial score (nSPS) is 23.1. The van der Waals surface area contributed by atoms with Gasteiger partial charge in [0.25, 0.3) is 0 Å². The van der Waals surface area contributed by atoms with Gasteiger partial charge in [0.05, 0.1) is 12.0 Å². The summed E-state index contributed by atoms with van der Waals surface area (Å²) >= 11 is 0. The summed E-state index contributed by atoms with van der Waals surface area (Å²) in [6, 6.07) is 9.90. The highest BCUT2D eigenvalue weighted by Gasteiger charge is 2.41. The third kappa shape index (κ3) is 3.31. The first-order valence-corrected chi connectivity index (χ1v) is 8.03. The van der Waals surface area contributed by atoms with E-state index in [1.165, 1.54) is 0 Å². The number of ether oxygens (including phenoxy) is 2. The first-order valence-electron chi connectivity index (χ1n) is 8.03. The Hall–Kier alpha value is -1.72.